The molecular weight excluding hydrogens is 140 g/mol. The fraction of sp³-hybridized carbons (Fsp3) is 1.00. The van der Waals surface area contributed by atoms with Crippen molar-refractivity contribution in [2.24, 2.45) is 17.6 Å². The molecule has 0 bridgehead atoms. The first-order chi connectivity index (χ1) is 5.38. The second-order valence-corrected chi connectivity index (χ2v) is 3.72. The molecule has 11 heavy (non-hydrogen) atoms. The molecule has 2 N–H and O–H groups in total. The highest BCUT2D eigenvalue weighted by atomic mass is 16.5. The molecule has 0 aromatic rings. The molecule has 3 nitrogen and oxygen atoms in total. The monoisotopic (exact) mass is 156 g/mol. The summed E-state index contributed by atoms with van der Waals surface area (Å²) in [6.07, 6.45) is 0. The van der Waals surface area contributed by atoms with Crippen LogP contribution in [0.1, 0.15) is 0 Å². The largest absolute Gasteiger partial charge is 0.381 e. The van der Waals surface area contributed by atoms with Crippen molar-refractivity contribution in [3.05, 3.63) is 0 Å². The smallest absolute Gasteiger partial charge is 0.0528 e. The van der Waals surface area contributed by atoms with Crippen molar-refractivity contribution < 1.29 is 4.74 Å². The van der Waals surface area contributed by atoms with Gasteiger partial charge in [0, 0.05) is 25.6 Å². The fourth-order valence-electron chi connectivity index (χ4n) is 1.73. The third kappa shape index (κ3) is 1.55. The third-order valence-corrected chi connectivity index (χ3v) is 2.59. The Morgan fingerprint density at radius 1 is 1.27 bits per heavy atom. The summed E-state index contributed by atoms with van der Waals surface area (Å²) >= 11 is 0. The van der Waals surface area contributed by atoms with Crippen molar-refractivity contribution in [3.63, 3.8) is 0 Å². The number of ether oxygens (including phenoxy) is 1. The second kappa shape index (κ2) is 3.09. The highest BCUT2D eigenvalue weighted by Crippen LogP contribution is 2.19. The summed E-state index contributed by atoms with van der Waals surface area (Å²) in [7, 11) is 0. The molecule has 0 aliphatic carbocycles. The van der Waals surface area contributed by atoms with Crippen LogP contribution in [0, 0.1) is 11.8 Å². The molecule has 0 aromatic heterocycles. The van der Waals surface area contributed by atoms with Gasteiger partial charge >= 0.3 is 0 Å². The van der Waals surface area contributed by atoms with Gasteiger partial charge in [0.05, 0.1) is 13.2 Å². The first-order valence-corrected chi connectivity index (χ1v) is 4.38. The van der Waals surface area contributed by atoms with E-state index < -0.39 is 0 Å². The normalized spacial score (nSPS) is 28.1. The number of hydrogen-bond acceptors (Lipinski definition) is 3. The minimum Gasteiger partial charge on any atom is -0.381 e. The molecule has 2 fully saturated rings. The molecule has 3 heteroatoms. The molecule has 0 aromatic carbocycles. The predicted octanol–water partition coefficient (Wildman–Crippen LogP) is -0.477. The molecule has 0 saturated carbocycles. The lowest BCUT2D eigenvalue weighted by Gasteiger charge is -2.42. The van der Waals surface area contributed by atoms with Gasteiger partial charge in [-0.15, -0.1) is 0 Å². The number of nitrogens with zero attached hydrogens (tertiary/aromatic N) is 1. The Bertz CT molecular complexity index is 130. The first kappa shape index (κ1) is 7.53. The fourth-order valence-corrected chi connectivity index (χ4v) is 1.73. The van der Waals surface area contributed by atoms with Crippen molar-refractivity contribution >= 4 is 0 Å². The summed E-state index contributed by atoms with van der Waals surface area (Å²) in [5.41, 5.74) is 5.52. The van der Waals surface area contributed by atoms with Crippen molar-refractivity contribution in [1.82, 2.24) is 4.90 Å². The van der Waals surface area contributed by atoms with Crippen LogP contribution in [0.4, 0.5) is 0 Å². The van der Waals surface area contributed by atoms with Gasteiger partial charge in [-0.25, -0.2) is 0 Å². The Labute approximate surface area is 67.5 Å². The Morgan fingerprint density at radius 3 is 2.45 bits per heavy atom. The molecular formula is C8H16N2O. The zero-order valence-corrected chi connectivity index (χ0v) is 6.83. The van der Waals surface area contributed by atoms with E-state index in [4.69, 9.17) is 10.5 Å². The summed E-state index contributed by atoms with van der Waals surface area (Å²) in [6.45, 7) is 6.47. The molecule has 0 unspecified atom stereocenters. The molecule has 0 radical (unpaired) electrons. The first-order valence-electron chi connectivity index (χ1n) is 4.38. The lowest BCUT2D eigenvalue weighted by Crippen LogP contribution is -2.53. The van der Waals surface area contributed by atoms with Gasteiger partial charge in [0.15, 0.2) is 0 Å². The van der Waals surface area contributed by atoms with Gasteiger partial charge in [-0.3, -0.25) is 0 Å². The SMILES string of the molecule is NCC1CN(CC2COC2)C1. The van der Waals surface area contributed by atoms with Crippen LogP contribution in [-0.4, -0.2) is 44.3 Å². The maximum Gasteiger partial charge on any atom is 0.0528 e. The minimum absolute atomic E-state index is 0.774. The molecule has 2 rings (SSSR count). The molecule has 0 atom stereocenters. The zero-order valence-electron chi connectivity index (χ0n) is 6.83. The van der Waals surface area contributed by atoms with Crippen LogP contribution in [0.5, 0.6) is 0 Å². The van der Waals surface area contributed by atoms with Crippen molar-refractivity contribution in [3.8, 4) is 0 Å². The van der Waals surface area contributed by atoms with Crippen LogP contribution in [0.2, 0.25) is 0 Å². The highest BCUT2D eigenvalue weighted by molar-refractivity contribution is 4.83. The van der Waals surface area contributed by atoms with Crippen LogP contribution >= 0.6 is 0 Å². The zero-order chi connectivity index (χ0) is 7.68. The van der Waals surface area contributed by atoms with Crippen LogP contribution in [0.25, 0.3) is 0 Å². The van der Waals surface area contributed by atoms with Gasteiger partial charge in [0.25, 0.3) is 0 Å². The molecule has 64 valence electrons. The van der Waals surface area contributed by atoms with E-state index in [1.807, 2.05) is 0 Å². The van der Waals surface area contributed by atoms with E-state index in [-0.39, 0.29) is 0 Å². The predicted molar refractivity (Wildman–Crippen MR) is 43.3 cm³/mol. The Morgan fingerprint density at radius 2 is 2.00 bits per heavy atom. The Hall–Kier alpha value is -0.120. The molecule has 2 saturated heterocycles. The van der Waals surface area contributed by atoms with Gasteiger partial charge in [0.2, 0.25) is 0 Å². The van der Waals surface area contributed by atoms with Crippen LogP contribution < -0.4 is 5.73 Å². The minimum atomic E-state index is 0.774. The van der Waals surface area contributed by atoms with Crippen molar-refractivity contribution in [2.45, 2.75) is 0 Å². The number of hydrogen-bond donors (Lipinski definition) is 1. The van der Waals surface area contributed by atoms with Gasteiger partial charge < -0.3 is 15.4 Å². The molecule has 0 spiro atoms. The van der Waals surface area contributed by atoms with Crippen LogP contribution in [0.3, 0.4) is 0 Å². The van der Waals surface area contributed by atoms with Gasteiger partial charge in [-0.2, -0.15) is 0 Å². The van der Waals surface area contributed by atoms with E-state index in [1.54, 1.807) is 0 Å². The maximum atomic E-state index is 5.52. The van der Waals surface area contributed by atoms with Gasteiger partial charge in [0.1, 0.15) is 0 Å². The maximum absolute atomic E-state index is 5.52. The van der Waals surface area contributed by atoms with E-state index >= 15 is 0 Å². The highest BCUT2D eigenvalue weighted by Gasteiger charge is 2.29. The number of nitrogens with two attached hydrogens (primary N) is 1. The van der Waals surface area contributed by atoms with E-state index in [0.29, 0.717) is 0 Å². The van der Waals surface area contributed by atoms with Crippen LogP contribution in [-0.2, 0) is 4.74 Å². The summed E-state index contributed by atoms with van der Waals surface area (Å²) in [4.78, 5) is 2.48. The number of rotatable bonds is 3. The summed E-state index contributed by atoms with van der Waals surface area (Å²) in [6, 6.07) is 0. The van der Waals surface area contributed by atoms with Gasteiger partial charge in [-0.1, -0.05) is 0 Å². The van der Waals surface area contributed by atoms with Crippen molar-refractivity contribution in [2.75, 3.05) is 39.4 Å². The molecule has 2 heterocycles. The van der Waals surface area contributed by atoms with E-state index in [1.165, 1.54) is 19.6 Å². The summed E-state index contributed by atoms with van der Waals surface area (Å²) in [5.74, 6) is 1.59. The molecule has 2 aliphatic rings. The third-order valence-electron chi connectivity index (χ3n) is 2.59. The standard InChI is InChI=1S/C8H16N2O/c9-1-7-2-10(3-7)4-8-5-11-6-8/h7-8H,1-6,9H2. The molecule has 2 aliphatic heterocycles. The van der Waals surface area contributed by atoms with E-state index in [0.717, 1.165) is 31.6 Å². The van der Waals surface area contributed by atoms with Crippen molar-refractivity contribution in [1.29, 1.82) is 0 Å². The lowest BCUT2D eigenvalue weighted by molar-refractivity contribution is -0.0607. The second-order valence-electron chi connectivity index (χ2n) is 3.72. The van der Waals surface area contributed by atoms with Crippen LogP contribution in [0.15, 0.2) is 0 Å². The molecule has 0 amide bonds. The van der Waals surface area contributed by atoms with E-state index in [9.17, 15) is 0 Å². The lowest BCUT2D eigenvalue weighted by atomic mass is 9.97. The average Bonchev–Trinajstić information content (AvgIpc) is 1.81. The summed E-state index contributed by atoms with van der Waals surface area (Å²) in [5, 5.41) is 0. The Balaban J connectivity index is 1.59. The quantitative estimate of drug-likeness (QED) is 0.600. The Kier molecular flexibility index (Phi) is 2.11. The van der Waals surface area contributed by atoms with Gasteiger partial charge in [-0.05, 0) is 12.5 Å². The average molecular weight is 156 g/mol. The van der Waals surface area contributed by atoms with E-state index in [2.05, 4.69) is 4.90 Å². The topological polar surface area (TPSA) is 38.5 Å². The summed E-state index contributed by atoms with van der Waals surface area (Å²) < 4.78 is 5.11. The number of likely N-dealkylation sites (tertiary alicyclic amines) is 1.